The van der Waals surface area contributed by atoms with Crippen LogP contribution in [0.5, 0.6) is 0 Å². The normalized spacial score (nSPS) is 15.6. The highest BCUT2D eigenvalue weighted by molar-refractivity contribution is 5.66. The van der Waals surface area contributed by atoms with Gasteiger partial charge in [0.2, 0.25) is 0 Å². The van der Waals surface area contributed by atoms with Gasteiger partial charge in [0, 0.05) is 51.3 Å². The van der Waals surface area contributed by atoms with Crippen molar-refractivity contribution in [3.05, 3.63) is 48.8 Å². The van der Waals surface area contributed by atoms with Crippen LogP contribution in [0.1, 0.15) is 12.5 Å². The first-order valence-electron chi connectivity index (χ1n) is 8.76. The van der Waals surface area contributed by atoms with Gasteiger partial charge in [-0.05, 0) is 18.2 Å². The largest absolute Gasteiger partial charge is 0.364 e. The molecule has 1 saturated heterocycles. The van der Waals surface area contributed by atoms with Gasteiger partial charge in [-0.25, -0.2) is 15.0 Å². The monoisotopic (exact) mass is 337 g/mol. The lowest BCUT2D eigenvalue weighted by Crippen LogP contribution is -2.46. The predicted molar refractivity (Wildman–Crippen MR) is 98.9 cm³/mol. The first-order valence-corrected chi connectivity index (χ1v) is 8.76. The number of hydrogen-bond acceptors (Lipinski definition) is 6. The second kappa shape index (κ2) is 7.06. The van der Waals surface area contributed by atoms with Crippen LogP contribution in [0.2, 0.25) is 0 Å². The highest BCUT2D eigenvalue weighted by Gasteiger charge is 2.16. The van der Waals surface area contributed by atoms with Gasteiger partial charge in [-0.15, -0.1) is 0 Å². The Morgan fingerprint density at radius 3 is 2.72 bits per heavy atom. The van der Waals surface area contributed by atoms with Crippen LogP contribution in [-0.2, 0) is 6.54 Å². The molecule has 3 aromatic rings. The summed E-state index contributed by atoms with van der Waals surface area (Å²) in [5.74, 6) is 1.90. The number of anilines is 2. The number of hydrogen-bond donors (Lipinski definition) is 1. The van der Waals surface area contributed by atoms with E-state index in [2.05, 4.69) is 49.1 Å². The first-order chi connectivity index (χ1) is 12.3. The van der Waals surface area contributed by atoms with Crippen molar-refractivity contribution in [2.24, 2.45) is 0 Å². The maximum atomic E-state index is 4.65. The molecule has 0 aliphatic carbocycles. The molecule has 0 unspecified atom stereocenters. The third-order valence-electron chi connectivity index (χ3n) is 4.75. The quantitative estimate of drug-likeness (QED) is 0.767. The number of pyridine rings is 1. The van der Waals surface area contributed by atoms with Crippen molar-refractivity contribution in [1.82, 2.24) is 24.3 Å². The van der Waals surface area contributed by atoms with Gasteiger partial charge < -0.3 is 19.5 Å². The van der Waals surface area contributed by atoms with Crippen molar-refractivity contribution in [3.63, 3.8) is 0 Å². The average Bonchev–Trinajstić information content (AvgIpc) is 3.16. The standard InChI is InChI=1S/C18H23N7/c1-2-23-7-9-24(10-8-23)17-4-3-15(11-21-17)12-22-18-16-13-19-14-25(16)6-5-20-18/h3-6,11,13-14H,2,7-10,12H2,1H3,(H,20,22). The highest BCUT2D eigenvalue weighted by atomic mass is 15.3. The molecular formula is C18H23N7. The number of nitrogens with one attached hydrogen (secondary N) is 1. The molecule has 1 aliphatic rings. The van der Waals surface area contributed by atoms with Crippen LogP contribution in [0.15, 0.2) is 43.2 Å². The summed E-state index contributed by atoms with van der Waals surface area (Å²) in [7, 11) is 0. The van der Waals surface area contributed by atoms with E-state index in [4.69, 9.17) is 0 Å². The molecule has 7 heteroatoms. The summed E-state index contributed by atoms with van der Waals surface area (Å²) in [5.41, 5.74) is 2.11. The SMILES string of the molecule is CCN1CCN(c2ccc(CNc3nccn4cncc34)cn2)CC1. The molecule has 130 valence electrons. The summed E-state index contributed by atoms with van der Waals surface area (Å²) >= 11 is 0. The van der Waals surface area contributed by atoms with Crippen LogP contribution in [0.4, 0.5) is 11.6 Å². The van der Waals surface area contributed by atoms with E-state index in [9.17, 15) is 0 Å². The van der Waals surface area contributed by atoms with Crippen molar-refractivity contribution in [2.75, 3.05) is 42.9 Å². The fourth-order valence-corrected chi connectivity index (χ4v) is 3.18. The molecule has 1 aliphatic heterocycles. The Labute approximate surface area is 147 Å². The van der Waals surface area contributed by atoms with Crippen LogP contribution in [0.3, 0.4) is 0 Å². The van der Waals surface area contributed by atoms with Crippen molar-refractivity contribution in [3.8, 4) is 0 Å². The molecule has 0 bridgehead atoms. The zero-order valence-corrected chi connectivity index (χ0v) is 14.5. The van der Waals surface area contributed by atoms with Gasteiger partial charge in [0.15, 0.2) is 5.82 Å². The van der Waals surface area contributed by atoms with Crippen molar-refractivity contribution >= 4 is 17.2 Å². The van der Waals surface area contributed by atoms with Crippen molar-refractivity contribution < 1.29 is 0 Å². The third-order valence-corrected chi connectivity index (χ3v) is 4.75. The number of rotatable bonds is 5. The number of fused-ring (bicyclic) bond motifs is 1. The van der Waals surface area contributed by atoms with Crippen LogP contribution in [-0.4, -0.2) is 57.0 Å². The fraction of sp³-hybridized carbons (Fsp3) is 0.389. The molecule has 1 fully saturated rings. The van der Waals surface area contributed by atoms with Gasteiger partial charge in [0.25, 0.3) is 0 Å². The molecule has 25 heavy (non-hydrogen) atoms. The second-order valence-corrected chi connectivity index (χ2v) is 6.26. The summed E-state index contributed by atoms with van der Waals surface area (Å²) < 4.78 is 1.95. The molecule has 0 aromatic carbocycles. The smallest absolute Gasteiger partial charge is 0.152 e. The van der Waals surface area contributed by atoms with Crippen LogP contribution in [0.25, 0.3) is 5.52 Å². The summed E-state index contributed by atoms with van der Waals surface area (Å²) in [5, 5.41) is 3.37. The first kappa shape index (κ1) is 15.8. The molecule has 0 radical (unpaired) electrons. The Morgan fingerprint density at radius 2 is 1.96 bits per heavy atom. The van der Waals surface area contributed by atoms with Gasteiger partial charge in [-0.2, -0.15) is 0 Å². The Balaban J connectivity index is 1.38. The minimum Gasteiger partial charge on any atom is -0.364 e. The maximum absolute atomic E-state index is 4.65. The molecule has 0 spiro atoms. The zero-order chi connectivity index (χ0) is 17.1. The number of likely N-dealkylation sites (N-methyl/N-ethyl adjacent to an activating group) is 1. The zero-order valence-electron chi connectivity index (χ0n) is 14.5. The van der Waals surface area contributed by atoms with Gasteiger partial charge in [-0.3, -0.25) is 0 Å². The van der Waals surface area contributed by atoms with E-state index >= 15 is 0 Å². The topological polar surface area (TPSA) is 61.6 Å². The van der Waals surface area contributed by atoms with Crippen LogP contribution < -0.4 is 10.2 Å². The van der Waals surface area contributed by atoms with Gasteiger partial charge >= 0.3 is 0 Å². The lowest BCUT2D eigenvalue weighted by atomic mass is 10.2. The summed E-state index contributed by atoms with van der Waals surface area (Å²) in [4.78, 5) is 18.0. The van der Waals surface area contributed by atoms with Crippen LogP contribution >= 0.6 is 0 Å². The van der Waals surface area contributed by atoms with E-state index in [1.54, 1.807) is 12.5 Å². The molecule has 0 saturated carbocycles. The summed E-state index contributed by atoms with van der Waals surface area (Å²) in [6.07, 6.45) is 9.20. The highest BCUT2D eigenvalue weighted by Crippen LogP contribution is 2.16. The molecule has 7 nitrogen and oxygen atoms in total. The molecule has 4 rings (SSSR count). The lowest BCUT2D eigenvalue weighted by Gasteiger charge is -2.34. The number of piperazine rings is 1. The van der Waals surface area contributed by atoms with E-state index in [0.717, 1.165) is 55.4 Å². The Kier molecular flexibility index (Phi) is 4.47. The third kappa shape index (κ3) is 3.41. The Bertz CT molecular complexity index is 819. The fourth-order valence-electron chi connectivity index (χ4n) is 3.18. The van der Waals surface area contributed by atoms with E-state index < -0.39 is 0 Å². The number of imidazole rings is 1. The second-order valence-electron chi connectivity index (χ2n) is 6.26. The molecular weight excluding hydrogens is 314 g/mol. The average molecular weight is 337 g/mol. The summed E-state index contributed by atoms with van der Waals surface area (Å²) in [6.45, 7) is 8.36. The molecule has 0 amide bonds. The minimum atomic E-state index is 0.689. The van der Waals surface area contributed by atoms with Gasteiger partial charge in [0.05, 0.1) is 12.5 Å². The minimum absolute atomic E-state index is 0.689. The molecule has 0 atom stereocenters. The van der Waals surface area contributed by atoms with Gasteiger partial charge in [0.1, 0.15) is 11.3 Å². The lowest BCUT2D eigenvalue weighted by molar-refractivity contribution is 0.270. The Hall–Kier alpha value is -2.67. The number of aromatic nitrogens is 4. The van der Waals surface area contributed by atoms with E-state index in [-0.39, 0.29) is 0 Å². The molecule has 1 N–H and O–H groups in total. The molecule has 3 aromatic heterocycles. The van der Waals surface area contributed by atoms with Crippen LogP contribution in [0, 0.1) is 0 Å². The van der Waals surface area contributed by atoms with Crippen molar-refractivity contribution in [2.45, 2.75) is 13.5 Å². The molecule has 4 heterocycles. The Morgan fingerprint density at radius 1 is 1.08 bits per heavy atom. The predicted octanol–water partition coefficient (Wildman–Crippen LogP) is 1.88. The van der Waals surface area contributed by atoms with Gasteiger partial charge in [-0.1, -0.05) is 13.0 Å². The van der Waals surface area contributed by atoms with Crippen molar-refractivity contribution in [1.29, 1.82) is 0 Å². The van der Waals surface area contributed by atoms with E-state index in [1.807, 2.05) is 23.0 Å². The number of nitrogens with zero attached hydrogens (tertiary/aromatic N) is 6. The maximum Gasteiger partial charge on any atom is 0.152 e. The van der Waals surface area contributed by atoms with E-state index in [0.29, 0.717) is 6.54 Å². The van der Waals surface area contributed by atoms with E-state index in [1.165, 1.54) is 0 Å². The summed E-state index contributed by atoms with van der Waals surface area (Å²) in [6, 6.07) is 4.25.